The smallest absolute Gasteiger partial charge is 0.131 e. The molecule has 120 valence electrons. The first-order valence-corrected chi connectivity index (χ1v) is 8.43. The molecule has 3 N–H and O–H groups in total. The highest BCUT2D eigenvalue weighted by Gasteiger charge is 2.30. The number of hydrogen-bond donors (Lipinski definition) is 2. The molecule has 0 spiro atoms. The van der Waals surface area contributed by atoms with Gasteiger partial charge in [0.05, 0.1) is 0 Å². The number of rotatable bonds is 3. The zero-order chi connectivity index (χ0) is 15.6. The lowest BCUT2D eigenvalue weighted by Gasteiger charge is -2.37. The number of likely N-dealkylation sites (tertiary alicyclic amines) is 1. The minimum Gasteiger partial charge on any atom is -0.384 e. The van der Waals surface area contributed by atoms with Gasteiger partial charge in [0.2, 0.25) is 0 Å². The molecule has 1 aromatic carbocycles. The van der Waals surface area contributed by atoms with E-state index in [1.165, 1.54) is 49.7 Å². The SMILES string of the molecule is Nc1cc(NC2CCCN(C3Cc4ccccc4C3)C2)ncn1. The van der Waals surface area contributed by atoms with Crippen molar-refractivity contribution in [2.75, 3.05) is 24.1 Å². The molecule has 2 aliphatic rings. The van der Waals surface area contributed by atoms with Gasteiger partial charge in [0, 0.05) is 24.7 Å². The van der Waals surface area contributed by atoms with E-state index in [9.17, 15) is 0 Å². The Bertz CT molecular complexity index is 662. The fourth-order valence-corrected chi connectivity index (χ4v) is 3.91. The standard InChI is InChI=1S/C18H23N5/c19-17-10-18(21-12-20-17)22-15-6-3-7-23(11-15)16-8-13-4-1-2-5-14(13)9-16/h1-2,4-5,10,12,15-16H,3,6-9,11H2,(H3,19,20,21,22). The molecule has 1 atom stereocenters. The summed E-state index contributed by atoms with van der Waals surface area (Å²) >= 11 is 0. The summed E-state index contributed by atoms with van der Waals surface area (Å²) in [6.07, 6.45) is 6.30. The van der Waals surface area contributed by atoms with Gasteiger partial charge in [-0.15, -0.1) is 0 Å². The fourth-order valence-electron chi connectivity index (χ4n) is 3.91. The zero-order valence-electron chi connectivity index (χ0n) is 13.3. The molecule has 1 saturated heterocycles. The van der Waals surface area contributed by atoms with E-state index in [0.717, 1.165) is 12.4 Å². The molecule has 0 saturated carbocycles. The van der Waals surface area contributed by atoms with E-state index >= 15 is 0 Å². The van der Waals surface area contributed by atoms with Crippen molar-refractivity contribution >= 4 is 11.6 Å². The Morgan fingerprint density at radius 2 is 1.91 bits per heavy atom. The van der Waals surface area contributed by atoms with E-state index in [1.54, 1.807) is 0 Å². The molecule has 0 bridgehead atoms. The number of fused-ring (bicyclic) bond motifs is 1. The molecule has 5 heteroatoms. The van der Waals surface area contributed by atoms with E-state index in [4.69, 9.17) is 5.73 Å². The Morgan fingerprint density at radius 3 is 2.65 bits per heavy atom. The molecule has 5 nitrogen and oxygen atoms in total. The quantitative estimate of drug-likeness (QED) is 0.909. The van der Waals surface area contributed by atoms with Gasteiger partial charge in [-0.25, -0.2) is 9.97 Å². The van der Waals surface area contributed by atoms with Crippen LogP contribution in [0.5, 0.6) is 0 Å². The van der Waals surface area contributed by atoms with Crippen molar-refractivity contribution < 1.29 is 0 Å². The maximum atomic E-state index is 5.74. The number of nitrogen functional groups attached to an aromatic ring is 1. The van der Waals surface area contributed by atoms with E-state index < -0.39 is 0 Å². The predicted molar refractivity (Wildman–Crippen MR) is 92.3 cm³/mol. The first kappa shape index (κ1) is 14.5. The number of benzene rings is 1. The summed E-state index contributed by atoms with van der Waals surface area (Å²) < 4.78 is 0. The van der Waals surface area contributed by atoms with Crippen LogP contribution in [0.2, 0.25) is 0 Å². The van der Waals surface area contributed by atoms with Crippen LogP contribution in [0.15, 0.2) is 36.7 Å². The van der Waals surface area contributed by atoms with Crippen LogP contribution in [0.1, 0.15) is 24.0 Å². The zero-order valence-corrected chi connectivity index (χ0v) is 13.3. The van der Waals surface area contributed by atoms with Crippen LogP contribution >= 0.6 is 0 Å². The average molecular weight is 309 g/mol. The maximum absolute atomic E-state index is 5.74. The third-order valence-corrected chi connectivity index (χ3v) is 5.04. The van der Waals surface area contributed by atoms with Crippen LogP contribution < -0.4 is 11.1 Å². The van der Waals surface area contributed by atoms with Gasteiger partial charge in [0.1, 0.15) is 18.0 Å². The Kier molecular flexibility index (Phi) is 3.87. The summed E-state index contributed by atoms with van der Waals surface area (Å²) in [7, 11) is 0. The van der Waals surface area contributed by atoms with Gasteiger partial charge < -0.3 is 11.1 Å². The van der Waals surface area contributed by atoms with E-state index in [0.29, 0.717) is 17.9 Å². The first-order valence-electron chi connectivity index (χ1n) is 8.43. The number of anilines is 2. The van der Waals surface area contributed by atoms with Gasteiger partial charge in [0.15, 0.2) is 0 Å². The first-order chi connectivity index (χ1) is 11.3. The lowest BCUT2D eigenvalue weighted by molar-refractivity contribution is 0.158. The van der Waals surface area contributed by atoms with Crippen molar-refractivity contribution in [2.45, 2.75) is 37.8 Å². The highest BCUT2D eigenvalue weighted by Crippen LogP contribution is 2.28. The lowest BCUT2D eigenvalue weighted by atomic mass is 10.0. The third-order valence-electron chi connectivity index (χ3n) is 5.04. The summed E-state index contributed by atoms with van der Waals surface area (Å²) in [5.74, 6) is 1.35. The molecular weight excluding hydrogens is 286 g/mol. The Balaban J connectivity index is 1.40. The normalized spacial score (nSPS) is 22.0. The fraction of sp³-hybridized carbons (Fsp3) is 0.444. The molecule has 1 unspecified atom stereocenters. The minimum absolute atomic E-state index is 0.432. The molecule has 0 radical (unpaired) electrons. The Labute approximate surface area is 136 Å². The molecule has 23 heavy (non-hydrogen) atoms. The molecule has 1 aliphatic carbocycles. The van der Waals surface area contributed by atoms with Gasteiger partial charge in [-0.3, -0.25) is 4.90 Å². The summed E-state index contributed by atoms with van der Waals surface area (Å²) in [6.45, 7) is 2.27. The van der Waals surface area contributed by atoms with Crippen molar-refractivity contribution in [3.05, 3.63) is 47.8 Å². The van der Waals surface area contributed by atoms with E-state index in [-0.39, 0.29) is 0 Å². The summed E-state index contributed by atoms with van der Waals surface area (Å²) in [6, 6.07) is 11.7. The molecule has 1 aliphatic heterocycles. The maximum Gasteiger partial charge on any atom is 0.131 e. The number of piperidine rings is 1. The lowest BCUT2D eigenvalue weighted by Crippen LogP contribution is -2.47. The number of aromatic nitrogens is 2. The highest BCUT2D eigenvalue weighted by molar-refractivity contribution is 5.44. The summed E-state index contributed by atoms with van der Waals surface area (Å²) in [5, 5.41) is 3.52. The van der Waals surface area contributed by atoms with Crippen molar-refractivity contribution in [1.82, 2.24) is 14.9 Å². The van der Waals surface area contributed by atoms with Crippen molar-refractivity contribution in [3.8, 4) is 0 Å². The van der Waals surface area contributed by atoms with Crippen LogP contribution in [0.25, 0.3) is 0 Å². The molecule has 4 rings (SSSR count). The van der Waals surface area contributed by atoms with Gasteiger partial charge in [0.25, 0.3) is 0 Å². The second kappa shape index (κ2) is 6.16. The van der Waals surface area contributed by atoms with E-state index in [1.807, 2.05) is 6.07 Å². The minimum atomic E-state index is 0.432. The van der Waals surface area contributed by atoms with Gasteiger partial charge in [-0.05, 0) is 43.4 Å². The predicted octanol–water partition coefficient (Wildman–Crippen LogP) is 2.10. The van der Waals surface area contributed by atoms with Crippen LogP contribution in [0.3, 0.4) is 0 Å². The third kappa shape index (κ3) is 3.15. The largest absolute Gasteiger partial charge is 0.384 e. The number of nitrogens with zero attached hydrogens (tertiary/aromatic N) is 3. The second-order valence-corrected chi connectivity index (χ2v) is 6.64. The van der Waals surface area contributed by atoms with Crippen molar-refractivity contribution in [1.29, 1.82) is 0 Å². The van der Waals surface area contributed by atoms with Gasteiger partial charge >= 0.3 is 0 Å². The molecular formula is C18H23N5. The van der Waals surface area contributed by atoms with Gasteiger partial charge in [-0.1, -0.05) is 24.3 Å². The molecule has 1 fully saturated rings. The second-order valence-electron chi connectivity index (χ2n) is 6.64. The monoisotopic (exact) mass is 309 g/mol. The van der Waals surface area contributed by atoms with Crippen molar-refractivity contribution in [2.24, 2.45) is 0 Å². The average Bonchev–Trinajstić information content (AvgIpc) is 2.99. The van der Waals surface area contributed by atoms with Crippen LogP contribution in [-0.4, -0.2) is 40.0 Å². The number of hydrogen-bond acceptors (Lipinski definition) is 5. The molecule has 2 aromatic rings. The van der Waals surface area contributed by atoms with Crippen LogP contribution in [0.4, 0.5) is 11.6 Å². The number of nitrogens with two attached hydrogens (primary N) is 1. The summed E-state index contributed by atoms with van der Waals surface area (Å²) in [5.41, 5.74) is 8.79. The van der Waals surface area contributed by atoms with E-state index in [2.05, 4.69) is 44.5 Å². The summed E-state index contributed by atoms with van der Waals surface area (Å²) in [4.78, 5) is 10.9. The molecule has 0 amide bonds. The molecule has 2 heterocycles. The molecule has 1 aromatic heterocycles. The van der Waals surface area contributed by atoms with Crippen molar-refractivity contribution in [3.63, 3.8) is 0 Å². The Hall–Kier alpha value is -2.14. The van der Waals surface area contributed by atoms with Crippen LogP contribution in [0, 0.1) is 0 Å². The number of nitrogens with one attached hydrogen (secondary N) is 1. The highest BCUT2D eigenvalue weighted by atomic mass is 15.2. The van der Waals surface area contributed by atoms with Crippen LogP contribution in [-0.2, 0) is 12.8 Å². The van der Waals surface area contributed by atoms with Gasteiger partial charge in [-0.2, -0.15) is 0 Å². The topological polar surface area (TPSA) is 67.1 Å². The Morgan fingerprint density at radius 1 is 1.13 bits per heavy atom.